The molecule has 0 saturated heterocycles. The van der Waals surface area contributed by atoms with Crippen molar-refractivity contribution in [1.29, 1.82) is 0 Å². The average molecular weight is 619 g/mol. The van der Waals surface area contributed by atoms with E-state index in [1.54, 1.807) is 47.8 Å². The lowest BCUT2D eigenvalue weighted by Gasteiger charge is -2.24. The molecule has 228 valence electrons. The summed E-state index contributed by atoms with van der Waals surface area (Å²) in [6, 6.07) is 24.5. The van der Waals surface area contributed by atoms with Gasteiger partial charge in [0.15, 0.2) is 31.3 Å². The number of nitrogens with two attached hydrogens (primary N) is 1. The number of benzene rings is 1. The lowest BCUT2D eigenvalue weighted by Crippen LogP contribution is -2.42. The van der Waals surface area contributed by atoms with Crippen molar-refractivity contribution in [2.75, 3.05) is 11.4 Å². The van der Waals surface area contributed by atoms with Gasteiger partial charge in [-0.05, 0) is 59.7 Å². The molecule has 1 aromatic carbocycles. The van der Waals surface area contributed by atoms with Crippen molar-refractivity contribution >= 4 is 39.3 Å². The Bertz CT molecular complexity index is 2270. The molecule has 0 bridgehead atoms. The van der Waals surface area contributed by atoms with Crippen LogP contribution in [0.5, 0.6) is 0 Å². The summed E-state index contributed by atoms with van der Waals surface area (Å²) in [7, 11) is 1.99. The lowest BCUT2D eigenvalue weighted by molar-refractivity contribution is -0.694. The van der Waals surface area contributed by atoms with Crippen molar-refractivity contribution in [3.63, 3.8) is 0 Å². The van der Waals surface area contributed by atoms with Crippen molar-refractivity contribution in [3.8, 4) is 22.5 Å². The number of hydrogen-bond acceptors (Lipinski definition) is 6. The van der Waals surface area contributed by atoms with Gasteiger partial charge in [-0.1, -0.05) is 6.07 Å². The molecule has 6 aromatic heterocycles. The molecule has 7 rings (SSSR count). The van der Waals surface area contributed by atoms with E-state index in [-0.39, 0.29) is 5.91 Å². The van der Waals surface area contributed by atoms with Crippen LogP contribution in [0.15, 0.2) is 128 Å². The first-order chi connectivity index (χ1) is 22.9. The second kappa shape index (κ2) is 12.5. The Kier molecular flexibility index (Phi) is 7.81. The van der Waals surface area contributed by atoms with E-state index in [4.69, 9.17) is 5.73 Å². The maximum absolute atomic E-state index is 14.5. The molecule has 0 radical (unpaired) electrons. The van der Waals surface area contributed by atoms with Gasteiger partial charge in [-0.15, -0.1) is 0 Å². The van der Waals surface area contributed by atoms with Crippen molar-refractivity contribution in [2.45, 2.75) is 6.54 Å². The highest BCUT2D eigenvalue weighted by Crippen LogP contribution is 2.33. The predicted octanol–water partition coefficient (Wildman–Crippen LogP) is 4.46. The van der Waals surface area contributed by atoms with Crippen LogP contribution in [0.1, 0.15) is 20.7 Å². The molecule has 0 saturated carbocycles. The monoisotopic (exact) mass is 618 g/mol. The van der Waals surface area contributed by atoms with E-state index in [0.29, 0.717) is 35.6 Å². The fourth-order valence-corrected chi connectivity index (χ4v) is 5.60. The number of carbonyl (C=O) groups is 2. The first-order valence-electron chi connectivity index (χ1n) is 15.1. The number of fused-ring (bicyclic) bond motifs is 3. The Morgan fingerprint density at radius 2 is 1.32 bits per heavy atom. The quantitative estimate of drug-likeness (QED) is 0.198. The second-order valence-corrected chi connectivity index (χ2v) is 11.1. The van der Waals surface area contributed by atoms with Crippen LogP contribution in [0.3, 0.4) is 0 Å². The summed E-state index contributed by atoms with van der Waals surface area (Å²) in [6.07, 6.45) is 14.6. The van der Waals surface area contributed by atoms with Crippen LogP contribution >= 0.6 is 0 Å². The van der Waals surface area contributed by atoms with Crippen molar-refractivity contribution in [1.82, 2.24) is 19.9 Å². The van der Waals surface area contributed by atoms with E-state index < -0.39 is 5.91 Å². The third kappa shape index (κ3) is 5.99. The highest BCUT2D eigenvalue weighted by Gasteiger charge is 2.24. The van der Waals surface area contributed by atoms with Crippen LogP contribution in [0.25, 0.3) is 44.3 Å². The molecule has 0 unspecified atom stereocenters. The number of carbonyl (C=O) groups excluding carboxylic acids is 2. The minimum Gasteiger partial charge on any atom is -0.366 e. The van der Waals surface area contributed by atoms with Crippen molar-refractivity contribution < 1.29 is 18.7 Å². The number of rotatable bonds is 8. The topological polar surface area (TPSA) is 123 Å². The van der Waals surface area contributed by atoms with Crippen LogP contribution in [0.4, 0.5) is 5.69 Å². The van der Waals surface area contributed by atoms with Crippen molar-refractivity contribution in [3.05, 3.63) is 140 Å². The van der Waals surface area contributed by atoms with E-state index in [2.05, 4.69) is 48.8 Å². The molecule has 2 N–H and O–H groups in total. The first-order valence-corrected chi connectivity index (χ1v) is 15.1. The Hall–Kier alpha value is -6.42. The van der Waals surface area contributed by atoms with Gasteiger partial charge in [0, 0.05) is 71.0 Å². The zero-order valence-corrected chi connectivity index (χ0v) is 25.6. The molecule has 6 heterocycles. The maximum Gasteiger partial charge on any atom is 0.258 e. The zero-order chi connectivity index (χ0) is 32.3. The van der Waals surface area contributed by atoms with Gasteiger partial charge in [-0.2, -0.15) is 0 Å². The Balaban J connectivity index is 1.28. The van der Waals surface area contributed by atoms with E-state index in [0.717, 1.165) is 38.6 Å². The van der Waals surface area contributed by atoms with E-state index in [9.17, 15) is 9.59 Å². The number of anilines is 1. The highest BCUT2D eigenvalue weighted by atomic mass is 16.2. The number of hydrogen-bond donors (Lipinski definition) is 1. The lowest BCUT2D eigenvalue weighted by atomic mass is 10.1. The largest absolute Gasteiger partial charge is 0.366 e. The summed E-state index contributed by atoms with van der Waals surface area (Å²) in [5, 5.41) is 1.69. The van der Waals surface area contributed by atoms with Crippen LogP contribution in [0.2, 0.25) is 0 Å². The summed E-state index contributed by atoms with van der Waals surface area (Å²) in [4.78, 5) is 46.2. The molecule has 0 aliphatic heterocycles. The molecule has 0 fully saturated rings. The number of nitrogens with zero attached hydrogens (tertiary/aromatic N) is 7. The molecule has 0 spiro atoms. The Labute approximate surface area is 270 Å². The summed E-state index contributed by atoms with van der Waals surface area (Å²) in [6.45, 7) is 0.898. The fraction of sp³-hybridized carbons (Fsp3) is 0.0811. The smallest absolute Gasteiger partial charge is 0.258 e. The summed E-state index contributed by atoms with van der Waals surface area (Å²) >= 11 is 0. The molecule has 10 nitrogen and oxygen atoms in total. The minimum atomic E-state index is -0.568. The average Bonchev–Trinajstić information content (AvgIpc) is 3.12. The third-order valence-electron chi connectivity index (χ3n) is 8.07. The molecule has 10 heteroatoms. The van der Waals surface area contributed by atoms with E-state index in [1.807, 2.05) is 66.7 Å². The normalized spacial score (nSPS) is 11.1. The minimum absolute atomic E-state index is 0.220. The Morgan fingerprint density at radius 1 is 0.702 bits per heavy atom. The predicted molar refractivity (Wildman–Crippen MR) is 178 cm³/mol. The van der Waals surface area contributed by atoms with Gasteiger partial charge in [-0.3, -0.25) is 29.5 Å². The van der Waals surface area contributed by atoms with Gasteiger partial charge in [-0.25, -0.2) is 9.13 Å². The van der Waals surface area contributed by atoms with Gasteiger partial charge in [0.05, 0.1) is 34.7 Å². The number of pyridine rings is 6. The van der Waals surface area contributed by atoms with Crippen LogP contribution < -0.4 is 19.8 Å². The fourth-order valence-electron chi connectivity index (χ4n) is 5.60. The van der Waals surface area contributed by atoms with E-state index in [1.165, 1.54) is 6.20 Å². The number of amides is 2. The molecule has 0 aliphatic rings. The molecule has 47 heavy (non-hydrogen) atoms. The first kappa shape index (κ1) is 29.3. The summed E-state index contributed by atoms with van der Waals surface area (Å²) < 4.78 is 4.06. The zero-order valence-electron chi connectivity index (χ0n) is 25.6. The van der Waals surface area contributed by atoms with Crippen LogP contribution in [-0.2, 0) is 13.6 Å². The standard InChI is InChI=1S/C37H29N8O2/c1-43-16-8-25(9-17-43)26-10-18-44(19-11-26)20-21-45(33-24-27-4-2-12-41-34(27)35-30(33)5-3-13-42-35)37(47)29-7-15-40-32(23-29)31-22-28(36(38)46)6-14-39-31/h2-19,22-24H,20-21H2,1H3,(H-,38,46)/q+1/p+1. The number of aromatic nitrogens is 6. The SMILES string of the molecule is C[n+]1ccc(-c2cc[n+](CCN(C(=O)c3ccnc(-c4cc(C(N)=O)ccn4)c3)c3cc4cccnc4c4ncccc34)cc2)cc1. The molecular weight excluding hydrogens is 588 g/mol. The molecule has 2 amide bonds. The van der Waals surface area contributed by atoms with Gasteiger partial charge < -0.3 is 10.6 Å². The number of primary amides is 1. The maximum atomic E-state index is 14.5. The molecular formula is C37H30N8O2+2. The highest BCUT2D eigenvalue weighted by molar-refractivity contribution is 6.15. The van der Waals surface area contributed by atoms with Gasteiger partial charge in [0.1, 0.15) is 7.05 Å². The summed E-state index contributed by atoms with van der Waals surface area (Å²) in [5.41, 5.74) is 11.5. The van der Waals surface area contributed by atoms with Gasteiger partial charge in [0.25, 0.3) is 5.91 Å². The van der Waals surface area contributed by atoms with Crippen LogP contribution in [-0.4, -0.2) is 38.3 Å². The van der Waals surface area contributed by atoms with Gasteiger partial charge in [0.2, 0.25) is 5.91 Å². The molecule has 0 aliphatic carbocycles. The molecule has 7 aromatic rings. The number of aryl methyl sites for hydroxylation is 1. The summed E-state index contributed by atoms with van der Waals surface area (Å²) in [5.74, 6) is -0.788. The molecule has 0 atom stereocenters. The third-order valence-corrected chi connectivity index (χ3v) is 8.07. The Morgan fingerprint density at radius 3 is 2.02 bits per heavy atom. The van der Waals surface area contributed by atoms with E-state index >= 15 is 0 Å². The second-order valence-electron chi connectivity index (χ2n) is 11.1. The van der Waals surface area contributed by atoms with Gasteiger partial charge >= 0.3 is 0 Å². The van der Waals surface area contributed by atoms with Crippen molar-refractivity contribution in [2.24, 2.45) is 12.8 Å². The van der Waals surface area contributed by atoms with Crippen LogP contribution in [0, 0.1) is 0 Å².